The molecular weight excluding hydrogens is 524 g/mol. The number of aromatic hydroxyl groups is 1. The number of fused-ring (bicyclic) bond motifs is 1. The summed E-state index contributed by atoms with van der Waals surface area (Å²) in [6.45, 7) is 0.217. The van der Waals surface area contributed by atoms with Gasteiger partial charge in [0.15, 0.2) is 0 Å². The molecule has 0 atom stereocenters. The number of carboxylic acid groups (broad SMARTS) is 1. The molecule has 0 heterocycles. The van der Waals surface area contributed by atoms with Crippen molar-refractivity contribution < 1.29 is 24.6 Å². The molecule has 4 N–H and O–H groups in total. The topological polar surface area (TPSA) is 116 Å². The third-order valence-corrected chi connectivity index (χ3v) is 6.06. The number of amides is 2. The maximum absolute atomic E-state index is 12.8. The molecule has 4 aromatic carbocycles. The van der Waals surface area contributed by atoms with E-state index in [9.17, 15) is 24.6 Å². The minimum absolute atomic E-state index is 0.107. The zero-order chi connectivity index (χ0) is 25.7. The number of carbonyl (C=O) groups excluding carboxylic acids is 2. The predicted octanol–water partition coefficient (Wildman–Crippen LogP) is 5.09. The third-order valence-electron chi connectivity index (χ3n) is 5.40. The van der Waals surface area contributed by atoms with Gasteiger partial charge in [-0.25, -0.2) is 4.79 Å². The van der Waals surface area contributed by atoms with Gasteiger partial charge in [-0.1, -0.05) is 48.5 Å². The molecule has 2 amide bonds. The Morgan fingerprint density at radius 3 is 2.33 bits per heavy atom. The highest BCUT2D eigenvalue weighted by Crippen LogP contribution is 2.21. The van der Waals surface area contributed by atoms with Crippen molar-refractivity contribution >= 4 is 50.6 Å². The van der Waals surface area contributed by atoms with Crippen molar-refractivity contribution in [1.29, 1.82) is 0 Å². The van der Waals surface area contributed by atoms with Gasteiger partial charge in [-0.05, 0) is 80.3 Å². The number of hydrogen-bond donors (Lipinski definition) is 4. The Hall–Kier alpha value is -4.43. The van der Waals surface area contributed by atoms with Gasteiger partial charge in [0.1, 0.15) is 11.4 Å². The molecule has 7 nitrogen and oxygen atoms in total. The zero-order valence-corrected chi connectivity index (χ0v) is 20.5. The van der Waals surface area contributed by atoms with E-state index in [0.29, 0.717) is 15.6 Å². The van der Waals surface area contributed by atoms with Crippen molar-refractivity contribution in [2.45, 2.75) is 6.54 Å². The first-order chi connectivity index (χ1) is 17.3. The summed E-state index contributed by atoms with van der Waals surface area (Å²) >= 11 is 3.30. The zero-order valence-electron chi connectivity index (χ0n) is 18.9. The second-order valence-corrected chi connectivity index (χ2v) is 8.83. The Labute approximate surface area is 215 Å². The fourth-order valence-electron chi connectivity index (χ4n) is 3.60. The van der Waals surface area contributed by atoms with Crippen LogP contribution in [-0.2, 0) is 11.3 Å². The van der Waals surface area contributed by atoms with Crippen molar-refractivity contribution in [1.82, 2.24) is 10.6 Å². The van der Waals surface area contributed by atoms with Gasteiger partial charge in [-0.3, -0.25) is 9.59 Å². The first-order valence-corrected chi connectivity index (χ1v) is 11.7. The highest BCUT2D eigenvalue weighted by Gasteiger charge is 2.17. The quantitative estimate of drug-likeness (QED) is 0.242. The van der Waals surface area contributed by atoms with E-state index in [1.54, 1.807) is 30.3 Å². The minimum atomic E-state index is -1.28. The van der Waals surface area contributed by atoms with Gasteiger partial charge in [-0.15, -0.1) is 0 Å². The lowest BCUT2D eigenvalue weighted by Gasteiger charge is -2.10. The number of phenolic OH excluding ortho intramolecular Hbond substituents is 1. The molecule has 0 fully saturated rings. The Balaban J connectivity index is 1.48. The lowest BCUT2D eigenvalue weighted by molar-refractivity contribution is -0.132. The number of halogens is 1. The van der Waals surface area contributed by atoms with Crippen LogP contribution in [0, 0.1) is 0 Å². The lowest BCUT2D eigenvalue weighted by Crippen LogP contribution is -2.28. The molecule has 0 radical (unpaired) electrons. The van der Waals surface area contributed by atoms with Gasteiger partial charge < -0.3 is 20.8 Å². The summed E-state index contributed by atoms with van der Waals surface area (Å²) in [6.07, 6.45) is 1.39. The second kappa shape index (κ2) is 10.9. The summed E-state index contributed by atoms with van der Waals surface area (Å²) in [5.74, 6) is -2.18. The van der Waals surface area contributed by atoms with Gasteiger partial charge in [0.05, 0.1) is 5.56 Å². The standard InChI is InChI=1S/C28H21BrN2O5/c29-24-15-21(26(33)30-16-18-4-3-7-22(32)13-18)10-11-23(24)27(34)31-25(28(35)36)14-17-8-9-19-5-1-2-6-20(19)12-17/h1-15,32H,16H2,(H,30,33)(H,31,34)(H,35,36)/b25-14+. The highest BCUT2D eigenvalue weighted by molar-refractivity contribution is 9.10. The first-order valence-electron chi connectivity index (χ1n) is 10.9. The largest absolute Gasteiger partial charge is 0.508 e. The van der Waals surface area contributed by atoms with Crippen molar-refractivity contribution in [3.8, 4) is 5.75 Å². The van der Waals surface area contributed by atoms with Gasteiger partial charge in [0, 0.05) is 16.6 Å². The summed E-state index contributed by atoms with van der Waals surface area (Å²) < 4.78 is 0.334. The molecule has 8 heteroatoms. The Morgan fingerprint density at radius 2 is 1.61 bits per heavy atom. The van der Waals surface area contributed by atoms with Crippen molar-refractivity contribution in [2.75, 3.05) is 0 Å². The van der Waals surface area contributed by atoms with Crippen LogP contribution in [-0.4, -0.2) is 28.0 Å². The number of benzene rings is 4. The number of aliphatic carboxylic acids is 1. The maximum Gasteiger partial charge on any atom is 0.352 e. The predicted molar refractivity (Wildman–Crippen MR) is 140 cm³/mol. The fraction of sp³-hybridized carbons (Fsp3) is 0.0357. The average molecular weight is 545 g/mol. The SMILES string of the molecule is O=C(O)/C(=C\c1ccc2ccccc2c1)NC(=O)c1ccc(C(=O)NCc2cccc(O)c2)cc1Br. The smallest absolute Gasteiger partial charge is 0.352 e. The Kier molecular flexibility index (Phi) is 7.46. The number of hydrogen-bond acceptors (Lipinski definition) is 4. The van der Waals surface area contributed by atoms with Crippen LogP contribution < -0.4 is 10.6 Å². The van der Waals surface area contributed by atoms with E-state index in [0.717, 1.165) is 16.3 Å². The van der Waals surface area contributed by atoms with Crippen LogP contribution in [0.15, 0.2) is 95.1 Å². The molecule has 0 spiro atoms. The van der Waals surface area contributed by atoms with Crippen LogP contribution in [0.25, 0.3) is 16.8 Å². The van der Waals surface area contributed by atoms with E-state index in [2.05, 4.69) is 26.6 Å². The molecule has 0 aliphatic rings. The number of carboxylic acids is 1. The van der Waals surface area contributed by atoms with E-state index >= 15 is 0 Å². The van der Waals surface area contributed by atoms with Crippen LogP contribution in [0.2, 0.25) is 0 Å². The number of phenols is 1. The number of nitrogens with one attached hydrogen (secondary N) is 2. The molecular formula is C28H21BrN2O5. The normalized spacial score (nSPS) is 11.2. The van der Waals surface area contributed by atoms with Crippen LogP contribution >= 0.6 is 15.9 Å². The van der Waals surface area contributed by atoms with Crippen LogP contribution in [0.5, 0.6) is 5.75 Å². The fourth-order valence-corrected chi connectivity index (χ4v) is 4.16. The molecule has 4 aromatic rings. The second-order valence-electron chi connectivity index (χ2n) is 7.97. The van der Waals surface area contributed by atoms with E-state index in [1.165, 1.54) is 24.3 Å². The molecule has 0 saturated heterocycles. The van der Waals surface area contributed by atoms with Crippen molar-refractivity contribution in [3.63, 3.8) is 0 Å². The van der Waals surface area contributed by atoms with Gasteiger partial charge in [0.2, 0.25) is 0 Å². The summed E-state index contributed by atoms with van der Waals surface area (Å²) in [5.41, 5.74) is 1.56. The van der Waals surface area contributed by atoms with E-state index < -0.39 is 11.9 Å². The molecule has 4 rings (SSSR count). The molecule has 0 aliphatic carbocycles. The summed E-state index contributed by atoms with van der Waals surface area (Å²) in [5, 5.41) is 26.3. The van der Waals surface area contributed by atoms with Crippen LogP contribution in [0.1, 0.15) is 31.8 Å². The maximum atomic E-state index is 12.8. The van der Waals surface area contributed by atoms with Crippen molar-refractivity contribution in [3.05, 3.63) is 117 Å². The Morgan fingerprint density at radius 1 is 0.833 bits per heavy atom. The average Bonchev–Trinajstić information content (AvgIpc) is 2.86. The number of rotatable bonds is 7. The molecule has 0 saturated carbocycles. The highest BCUT2D eigenvalue weighted by atomic mass is 79.9. The Bertz CT molecular complexity index is 1510. The van der Waals surface area contributed by atoms with Crippen molar-refractivity contribution in [2.24, 2.45) is 0 Å². The first kappa shape index (κ1) is 24.7. The minimum Gasteiger partial charge on any atom is -0.508 e. The van der Waals surface area contributed by atoms with Gasteiger partial charge >= 0.3 is 5.97 Å². The molecule has 0 bridgehead atoms. The van der Waals surface area contributed by atoms with E-state index in [-0.39, 0.29) is 29.5 Å². The van der Waals surface area contributed by atoms with Gasteiger partial charge in [0.25, 0.3) is 11.8 Å². The lowest BCUT2D eigenvalue weighted by atomic mass is 10.1. The molecule has 0 unspecified atom stereocenters. The summed E-state index contributed by atoms with van der Waals surface area (Å²) in [6, 6.07) is 24.1. The third kappa shape index (κ3) is 5.97. The molecule has 0 aliphatic heterocycles. The summed E-state index contributed by atoms with van der Waals surface area (Å²) in [7, 11) is 0. The monoisotopic (exact) mass is 544 g/mol. The molecule has 0 aromatic heterocycles. The van der Waals surface area contributed by atoms with Gasteiger partial charge in [-0.2, -0.15) is 0 Å². The van der Waals surface area contributed by atoms with E-state index in [4.69, 9.17) is 0 Å². The number of carbonyl (C=O) groups is 3. The molecule has 180 valence electrons. The van der Waals surface area contributed by atoms with Crippen LogP contribution in [0.3, 0.4) is 0 Å². The summed E-state index contributed by atoms with van der Waals surface area (Å²) in [4.78, 5) is 37.2. The van der Waals surface area contributed by atoms with Crippen LogP contribution in [0.4, 0.5) is 0 Å². The van der Waals surface area contributed by atoms with E-state index in [1.807, 2.05) is 36.4 Å². The molecule has 36 heavy (non-hydrogen) atoms.